The van der Waals surface area contributed by atoms with Crippen LogP contribution in [0.2, 0.25) is 0 Å². The van der Waals surface area contributed by atoms with Crippen molar-refractivity contribution in [2.45, 2.75) is 51.4 Å². The average molecular weight is 543 g/mol. The molecule has 0 aliphatic heterocycles. The molecule has 204 valence electrons. The van der Waals surface area contributed by atoms with Crippen LogP contribution in [-0.4, -0.2) is 4.57 Å². The number of rotatable bonds is 3. The molecule has 8 rings (SSSR count). The molecule has 3 aliphatic rings. The molecule has 4 aromatic carbocycles. The normalized spacial score (nSPS) is 20.7. The Morgan fingerprint density at radius 3 is 2.50 bits per heavy atom. The van der Waals surface area contributed by atoms with E-state index in [0.29, 0.717) is 5.92 Å². The minimum absolute atomic E-state index is 0.374. The predicted octanol–water partition coefficient (Wildman–Crippen LogP) is 9.69. The Hall–Kier alpha value is -4.61. The van der Waals surface area contributed by atoms with Crippen LogP contribution >= 0.6 is 0 Å². The van der Waals surface area contributed by atoms with Gasteiger partial charge in [-0.25, -0.2) is 0 Å². The first-order valence-electron chi connectivity index (χ1n) is 15.3. The van der Waals surface area contributed by atoms with E-state index in [9.17, 15) is 5.26 Å². The highest BCUT2D eigenvalue weighted by atomic mass is 15.0. The molecule has 3 aliphatic carbocycles. The van der Waals surface area contributed by atoms with Crippen LogP contribution in [0.3, 0.4) is 0 Å². The average Bonchev–Trinajstić information content (AvgIpc) is 3.51. The van der Waals surface area contributed by atoms with Gasteiger partial charge >= 0.3 is 0 Å². The first kappa shape index (κ1) is 25.1. The fourth-order valence-electron chi connectivity index (χ4n) is 8.10. The second-order valence-corrected chi connectivity index (χ2v) is 12.5. The third-order valence-corrected chi connectivity index (χ3v) is 10.0. The molecule has 2 atom stereocenters. The summed E-state index contributed by atoms with van der Waals surface area (Å²) in [6.07, 6.45) is 10.1. The van der Waals surface area contributed by atoms with E-state index in [1.165, 1.54) is 73.2 Å². The van der Waals surface area contributed by atoms with Crippen molar-refractivity contribution in [3.8, 4) is 11.8 Å². The van der Waals surface area contributed by atoms with Crippen LogP contribution in [0.15, 0.2) is 103 Å². The Kier molecular flexibility index (Phi) is 5.66. The maximum absolute atomic E-state index is 9.85. The molecule has 2 nitrogen and oxygen atoms in total. The molecule has 2 unspecified atom stereocenters. The Labute approximate surface area is 248 Å². The summed E-state index contributed by atoms with van der Waals surface area (Å²) >= 11 is 0. The van der Waals surface area contributed by atoms with Crippen LogP contribution in [0.5, 0.6) is 0 Å². The molecule has 42 heavy (non-hydrogen) atoms. The van der Waals surface area contributed by atoms with Crippen molar-refractivity contribution in [1.82, 2.24) is 4.57 Å². The third kappa shape index (κ3) is 3.50. The number of aromatic nitrogens is 1. The third-order valence-electron chi connectivity index (χ3n) is 10.0. The zero-order valence-corrected chi connectivity index (χ0v) is 24.3. The lowest BCUT2D eigenvalue weighted by atomic mass is 9.64. The number of aryl methyl sites for hydroxylation is 2. The van der Waals surface area contributed by atoms with Gasteiger partial charge in [-0.1, -0.05) is 73.2 Å². The summed E-state index contributed by atoms with van der Waals surface area (Å²) in [4.78, 5) is 0. The van der Waals surface area contributed by atoms with Crippen molar-refractivity contribution in [1.29, 1.82) is 5.26 Å². The number of nitrogens with zero attached hydrogens (tertiary/aromatic N) is 2. The van der Waals surface area contributed by atoms with Crippen LogP contribution in [0.25, 0.3) is 28.2 Å². The molecule has 0 fully saturated rings. The van der Waals surface area contributed by atoms with Gasteiger partial charge in [0, 0.05) is 16.8 Å². The highest BCUT2D eigenvalue weighted by molar-refractivity contribution is 5.93. The molecule has 0 saturated carbocycles. The number of hydrogen-bond donors (Lipinski definition) is 0. The number of allylic oxidation sites excluding steroid dienone is 3. The zero-order chi connectivity index (χ0) is 28.4. The Balaban J connectivity index is 1.47. The minimum Gasteiger partial charge on any atom is -0.310 e. The van der Waals surface area contributed by atoms with E-state index in [-0.39, 0.29) is 5.41 Å². The molecule has 0 bridgehead atoms. The highest BCUT2D eigenvalue weighted by Crippen LogP contribution is 2.59. The van der Waals surface area contributed by atoms with E-state index in [0.717, 1.165) is 31.2 Å². The number of para-hydroxylation sites is 1. The van der Waals surface area contributed by atoms with Crippen LogP contribution < -0.4 is 0 Å². The van der Waals surface area contributed by atoms with Gasteiger partial charge in [0.2, 0.25) is 0 Å². The highest BCUT2D eigenvalue weighted by Gasteiger charge is 2.49. The van der Waals surface area contributed by atoms with E-state index < -0.39 is 0 Å². The van der Waals surface area contributed by atoms with Crippen molar-refractivity contribution in [2.75, 3.05) is 0 Å². The standard InChI is InChI=1S/C40H34N2/c1-26-12-16-29(17-13-26)40(36-20-15-28(25-41)23-34(36)32-19-14-27(2)22-37(32)40)30-18-21-39-35(24-30)33-10-6-7-11-38(33)42(39)31-8-4-3-5-9-31/h3-5,7-9,11-13,15-18,20-21,23-24,27H,6,10,14,19,22H2,1-2H3. The number of benzene rings is 4. The van der Waals surface area contributed by atoms with Crippen molar-refractivity contribution < 1.29 is 0 Å². The molecule has 1 aromatic heterocycles. The summed E-state index contributed by atoms with van der Waals surface area (Å²) in [5.41, 5.74) is 15.2. The largest absolute Gasteiger partial charge is 0.310 e. The lowest BCUT2D eigenvalue weighted by Gasteiger charge is -2.38. The predicted molar refractivity (Wildman–Crippen MR) is 173 cm³/mol. The minimum atomic E-state index is -0.374. The SMILES string of the molecule is Cc1ccc(C2(c3ccc4c(c3)c3c(n4-c4ccccc4)C=CCC3)C3=C(CCC(C)C3)c3cc(C#N)ccc32)cc1. The Morgan fingerprint density at radius 2 is 1.69 bits per heavy atom. The monoisotopic (exact) mass is 542 g/mol. The van der Waals surface area contributed by atoms with Gasteiger partial charge in [-0.2, -0.15) is 5.26 Å². The molecule has 1 heterocycles. The summed E-state index contributed by atoms with van der Waals surface area (Å²) in [6.45, 7) is 4.57. The van der Waals surface area contributed by atoms with E-state index in [4.69, 9.17) is 0 Å². The van der Waals surface area contributed by atoms with Gasteiger partial charge in [0.05, 0.1) is 22.6 Å². The molecule has 5 aromatic rings. The molecule has 2 heteroatoms. The van der Waals surface area contributed by atoms with Crippen molar-refractivity contribution >= 4 is 22.6 Å². The number of hydrogen-bond acceptors (Lipinski definition) is 1. The molecule has 0 N–H and O–H groups in total. The topological polar surface area (TPSA) is 28.7 Å². The zero-order valence-electron chi connectivity index (χ0n) is 24.3. The second kappa shape index (κ2) is 9.47. The maximum atomic E-state index is 9.85. The summed E-state index contributed by atoms with van der Waals surface area (Å²) < 4.78 is 2.44. The molecule has 0 amide bonds. The van der Waals surface area contributed by atoms with Gasteiger partial charge in [-0.3, -0.25) is 0 Å². The summed E-state index contributed by atoms with van der Waals surface area (Å²) in [7, 11) is 0. The maximum Gasteiger partial charge on any atom is 0.0991 e. The van der Waals surface area contributed by atoms with Gasteiger partial charge in [-0.05, 0) is 126 Å². The van der Waals surface area contributed by atoms with Gasteiger partial charge in [-0.15, -0.1) is 0 Å². The van der Waals surface area contributed by atoms with Crippen LogP contribution in [-0.2, 0) is 11.8 Å². The van der Waals surface area contributed by atoms with Crippen LogP contribution in [0, 0.1) is 24.2 Å². The van der Waals surface area contributed by atoms with E-state index in [1.807, 2.05) is 6.07 Å². The second-order valence-electron chi connectivity index (χ2n) is 12.5. The van der Waals surface area contributed by atoms with Gasteiger partial charge in [0.25, 0.3) is 0 Å². The van der Waals surface area contributed by atoms with Crippen molar-refractivity contribution in [3.63, 3.8) is 0 Å². The Bertz CT molecular complexity index is 1980. The quantitative estimate of drug-likeness (QED) is 0.223. The first-order chi connectivity index (χ1) is 20.6. The fourth-order valence-corrected chi connectivity index (χ4v) is 8.10. The smallest absolute Gasteiger partial charge is 0.0991 e. The molecule has 0 saturated heterocycles. The van der Waals surface area contributed by atoms with Gasteiger partial charge < -0.3 is 4.57 Å². The van der Waals surface area contributed by atoms with Crippen molar-refractivity contribution in [3.05, 3.63) is 147 Å². The lowest BCUT2D eigenvalue weighted by Crippen LogP contribution is -2.31. The molecule has 0 spiro atoms. The van der Waals surface area contributed by atoms with E-state index in [1.54, 1.807) is 0 Å². The summed E-state index contributed by atoms with van der Waals surface area (Å²) in [5, 5.41) is 11.2. The van der Waals surface area contributed by atoms with Crippen LogP contribution in [0.1, 0.15) is 77.2 Å². The Morgan fingerprint density at radius 1 is 0.881 bits per heavy atom. The fraction of sp³-hybridized carbons (Fsp3) is 0.225. The van der Waals surface area contributed by atoms with Crippen LogP contribution in [0.4, 0.5) is 0 Å². The lowest BCUT2D eigenvalue weighted by molar-refractivity contribution is 0.492. The van der Waals surface area contributed by atoms with E-state index >= 15 is 0 Å². The van der Waals surface area contributed by atoms with Gasteiger partial charge in [0.1, 0.15) is 0 Å². The van der Waals surface area contributed by atoms with Gasteiger partial charge in [0.15, 0.2) is 0 Å². The molecular weight excluding hydrogens is 508 g/mol. The van der Waals surface area contributed by atoms with Crippen molar-refractivity contribution in [2.24, 2.45) is 5.92 Å². The number of fused-ring (bicyclic) bond motifs is 5. The number of nitriles is 1. The molecular formula is C40H34N2. The molecule has 0 radical (unpaired) electrons. The summed E-state index contributed by atoms with van der Waals surface area (Å²) in [6, 6.07) is 36.2. The summed E-state index contributed by atoms with van der Waals surface area (Å²) in [5.74, 6) is 0.624. The first-order valence-corrected chi connectivity index (χ1v) is 15.3. The van der Waals surface area contributed by atoms with E-state index in [2.05, 4.69) is 122 Å².